The smallest absolute Gasteiger partial charge is 0.298 e. The third-order valence-corrected chi connectivity index (χ3v) is 5.22. The summed E-state index contributed by atoms with van der Waals surface area (Å²) >= 11 is 1.17. The van der Waals surface area contributed by atoms with Gasteiger partial charge in [-0.1, -0.05) is 47.2 Å². The topological polar surface area (TPSA) is 97.0 Å². The first-order valence-electron chi connectivity index (χ1n) is 8.95. The number of fused-ring (bicyclic) bond motifs is 1. The second-order valence-electron chi connectivity index (χ2n) is 6.59. The van der Waals surface area contributed by atoms with Crippen molar-refractivity contribution in [2.24, 2.45) is 0 Å². The number of amides is 1. The third kappa shape index (κ3) is 4.02. The molecule has 29 heavy (non-hydrogen) atoms. The van der Waals surface area contributed by atoms with Gasteiger partial charge in [0.05, 0.1) is 5.56 Å². The Morgan fingerprint density at radius 2 is 1.97 bits per heavy atom. The fourth-order valence-corrected chi connectivity index (χ4v) is 3.65. The molecule has 0 aliphatic rings. The minimum atomic E-state index is -0.757. The summed E-state index contributed by atoms with van der Waals surface area (Å²) in [4.78, 5) is 27.8. The molecule has 0 radical (unpaired) electrons. The second-order valence-corrected chi connectivity index (χ2v) is 7.65. The Balaban J connectivity index is 1.40. The van der Waals surface area contributed by atoms with Gasteiger partial charge in [0.1, 0.15) is 12.4 Å². The summed E-state index contributed by atoms with van der Waals surface area (Å²) in [6, 6.07) is 13.2. The van der Waals surface area contributed by atoms with Crippen LogP contribution in [0, 0.1) is 13.8 Å². The standard InChI is InChI=1S/C21H18N4O3S/c1-12-7-8-17(13(2)9-12)28-11-18-24-25-21(29-18)23-20(27)19(26)15-10-22-16-6-4-3-5-14(15)16/h3-10,22H,11H2,1-2H3,(H,23,25,27). The number of aromatic amines is 1. The van der Waals surface area contributed by atoms with E-state index in [2.05, 4.69) is 20.5 Å². The first-order chi connectivity index (χ1) is 14.0. The van der Waals surface area contributed by atoms with Crippen LogP contribution < -0.4 is 10.1 Å². The van der Waals surface area contributed by atoms with E-state index in [1.54, 1.807) is 6.07 Å². The van der Waals surface area contributed by atoms with E-state index in [1.165, 1.54) is 17.5 Å². The number of nitrogens with one attached hydrogen (secondary N) is 2. The lowest BCUT2D eigenvalue weighted by Crippen LogP contribution is -2.22. The molecule has 4 rings (SSSR count). The summed E-state index contributed by atoms with van der Waals surface area (Å²) in [7, 11) is 0. The van der Waals surface area contributed by atoms with Gasteiger partial charge in [-0.25, -0.2) is 0 Å². The fourth-order valence-electron chi connectivity index (χ4n) is 3.00. The lowest BCUT2D eigenvalue weighted by Gasteiger charge is -2.07. The Kier molecular flexibility index (Phi) is 5.09. The Hall–Kier alpha value is -3.52. The van der Waals surface area contributed by atoms with Crippen LogP contribution in [-0.4, -0.2) is 26.9 Å². The number of benzene rings is 2. The van der Waals surface area contributed by atoms with Crippen LogP contribution in [0.1, 0.15) is 26.5 Å². The van der Waals surface area contributed by atoms with Crippen LogP contribution in [0.3, 0.4) is 0 Å². The van der Waals surface area contributed by atoms with E-state index in [9.17, 15) is 9.59 Å². The van der Waals surface area contributed by atoms with Gasteiger partial charge in [-0.05, 0) is 31.5 Å². The Bertz CT molecular complexity index is 1210. The zero-order chi connectivity index (χ0) is 20.4. The molecule has 0 fully saturated rings. The number of hydrogen-bond acceptors (Lipinski definition) is 6. The van der Waals surface area contributed by atoms with E-state index in [0.717, 1.165) is 22.4 Å². The number of anilines is 1. The Morgan fingerprint density at radius 1 is 1.14 bits per heavy atom. The maximum absolute atomic E-state index is 12.5. The molecular weight excluding hydrogens is 388 g/mol. The first kappa shape index (κ1) is 18.8. The van der Waals surface area contributed by atoms with E-state index >= 15 is 0 Å². The van der Waals surface area contributed by atoms with Crippen molar-refractivity contribution in [3.05, 3.63) is 70.4 Å². The molecule has 0 unspecified atom stereocenters. The van der Waals surface area contributed by atoms with E-state index < -0.39 is 11.7 Å². The van der Waals surface area contributed by atoms with Crippen LogP contribution in [0.5, 0.6) is 5.75 Å². The lowest BCUT2D eigenvalue weighted by atomic mass is 10.1. The second kappa shape index (κ2) is 7.84. The minimum absolute atomic E-state index is 0.230. The predicted octanol–water partition coefficient (Wildman–Crippen LogP) is 4.04. The van der Waals surface area contributed by atoms with Crippen LogP contribution in [0.25, 0.3) is 10.9 Å². The quantitative estimate of drug-likeness (QED) is 0.372. The molecule has 1 amide bonds. The highest BCUT2D eigenvalue weighted by molar-refractivity contribution is 7.15. The number of ketones is 1. The molecule has 2 heterocycles. The van der Waals surface area contributed by atoms with Crippen LogP contribution in [-0.2, 0) is 11.4 Å². The molecule has 2 aromatic carbocycles. The molecule has 0 atom stereocenters. The Morgan fingerprint density at radius 3 is 2.79 bits per heavy atom. The third-order valence-electron chi connectivity index (χ3n) is 4.41. The molecule has 0 saturated heterocycles. The number of carbonyl (C=O) groups is 2. The van der Waals surface area contributed by atoms with Crippen LogP contribution in [0.2, 0.25) is 0 Å². The highest BCUT2D eigenvalue weighted by atomic mass is 32.1. The van der Waals surface area contributed by atoms with Gasteiger partial charge in [0.25, 0.3) is 11.7 Å². The number of hydrogen-bond donors (Lipinski definition) is 2. The lowest BCUT2D eigenvalue weighted by molar-refractivity contribution is -0.112. The zero-order valence-corrected chi connectivity index (χ0v) is 16.7. The minimum Gasteiger partial charge on any atom is -0.486 e. The van der Waals surface area contributed by atoms with Gasteiger partial charge in [0, 0.05) is 17.1 Å². The molecule has 8 heteroatoms. The van der Waals surface area contributed by atoms with Crippen molar-refractivity contribution >= 4 is 39.1 Å². The fraction of sp³-hybridized carbons (Fsp3) is 0.143. The molecule has 0 bridgehead atoms. The molecule has 0 saturated carbocycles. The summed E-state index contributed by atoms with van der Waals surface area (Å²) in [5.74, 6) is -0.621. The van der Waals surface area contributed by atoms with Gasteiger partial charge in [-0.3, -0.25) is 14.9 Å². The number of rotatable bonds is 6. The van der Waals surface area contributed by atoms with Gasteiger partial charge in [0.2, 0.25) is 5.13 Å². The van der Waals surface area contributed by atoms with Gasteiger partial charge in [0.15, 0.2) is 5.01 Å². The number of Topliss-reactive ketones (excluding diaryl/α,β-unsaturated/α-hetero) is 1. The molecule has 146 valence electrons. The number of aromatic nitrogens is 3. The average molecular weight is 406 g/mol. The number of nitrogens with zero attached hydrogens (tertiary/aromatic N) is 2. The van der Waals surface area contributed by atoms with Crippen LogP contribution >= 0.6 is 11.3 Å². The molecule has 4 aromatic rings. The van der Waals surface area contributed by atoms with E-state index in [1.807, 2.05) is 50.2 Å². The highest BCUT2D eigenvalue weighted by Gasteiger charge is 2.21. The molecular formula is C21H18N4O3S. The molecule has 7 nitrogen and oxygen atoms in total. The van der Waals surface area contributed by atoms with Crippen molar-refractivity contribution in [2.45, 2.75) is 20.5 Å². The van der Waals surface area contributed by atoms with Crippen molar-refractivity contribution in [3.8, 4) is 5.75 Å². The van der Waals surface area contributed by atoms with Crippen molar-refractivity contribution in [2.75, 3.05) is 5.32 Å². The van der Waals surface area contributed by atoms with Crippen LogP contribution in [0.15, 0.2) is 48.7 Å². The first-order valence-corrected chi connectivity index (χ1v) is 9.77. The van der Waals surface area contributed by atoms with Crippen molar-refractivity contribution < 1.29 is 14.3 Å². The van der Waals surface area contributed by atoms with Crippen molar-refractivity contribution in [1.29, 1.82) is 0 Å². The largest absolute Gasteiger partial charge is 0.486 e. The molecule has 0 spiro atoms. The van der Waals surface area contributed by atoms with Gasteiger partial charge in [-0.15, -0.1) is 10.2 Å². The summed E-state index contributed by atoms with van der Waals surface area (Å²) in [5.41, 5.74) is 3.31. The van der Waals surface area contributed by atoms with E-state index in [0.29, 0.717) is 16.0 Å². The number of carbonyl (C=O) groups excluding carboxylic acids is 2. The molecule has 2 N–H and O–H groups in total. The van der Waals surface area contributed by atoms with Crippen molar-refractivity contribution in [3.63, 3.8) is 0 Å². The maximum Gasteiger partial charge on any atom is 0.298 e. The maximum atomic E-state index is 12.5. The SMILES string of the molecule is Cc1ccc(OCc2nnc(NC(=O)C(=O)c3c[nH]c4ccccc34)s2)c(C)c1. The average Bonchev–Trinajstić information content (AvgIpc) is 3.33. The predicted molar refractivity (Wildman–Crippen MR) is 111 cm³/mol. The van der Waals surface area contributed by atoms with Gasteiger partial charge in [-0.2, -0.15) is 0 Å². The molecule has 2 aromatic heterocycles. The number of H-pyrrole nitrogens is 1. The van der Waals surface area contributed by atoms with Crippen molar-refractivity contribution in [1.82, 2.24) is 15.2 Å². The summed E-state index contributed by atoms with van der Waals surface area (Å²) < 4.78 is 5.77. The number of aryl methyl sites for hydroxylation is 2. The van der Waals surface area contributed by atoms with Crippen LogP contribution in [0.4, 0.5) is 5.13 Å². The molecule has 0 aliphatic heterocycles. The highest BCUT2D eigenvalue weighted by Crippen LogP contribution is 2.23. The Labute approximate surface area is 170 Å². The number of ether oxygens (including phenoxy) is 1. The number of para-hydroxylation sites is 1. The normalized spacial score (nSPS) is 10.8. The molecule has 0 aliphatic carbocycles. The summed E-state index contributed by atoms with van der Waals surface area (Å²) in [6.45, 7) is 4.23. The van der Waals surface area contributed by atoms with Gasteiger partial charge >= 0.3 is 0 Å². The van der Waals surface area contributed by atoms with E-state index in [-0.39, 0.29) is 11.7 Å². The summed E-state index contributed by atoms with van der Waals surface area (Å²) in [5, 5.41) is 12.0. The van der Waals surface area contributed by atoms with E-state index in [4.69, 9.17) is 4.74 Å². The van der Waals surface area contributed by atoms with Gasteiger partial charge < -0.3 is 9.72 Å². The zero-order valence-electron chi connectivity index (χ0n) is 15.9. The monoisotopic (exact) mass is 406 g/mol. The summed E-state index contributed by atoms with van der Waals surface area (Å²) in [6.07, 6.45) is 1.54.